The van der Waals surface area contributed by atoms with Crippen LogP contribution in [0.5, 0.6) is 0 Å². The van der Waals surface area contributed by atoms with Crippen LogP contribution in [0.4, 0.5) is 0 Å². The summed E-state index contributed by atoms with van der Waals surface area (Å²) in [5.41, 5.74) is 2.73. The van der Waals surface area contributed by atoms with Gasteiger partial charge in [0.1, 0.15) is 0 Å². The molecule has 0 bridgehead atoms. The normalized spacial score (nSPS) is 26.2. The molecule has 1 saturated heterocycles. The summed E-state index contributed by atoms with van der Waals surface area (Å²) in [6, 6.07) is 2.18. The third-order valence-corrected chi connectivity index (χ3v) is 3.71. The van der Waals surface area contributed by atoms with Crippen LogP contribution < -0.4 is 0 Å². The highest BCUT2D eigenvalue weighted by molar-refractivity contribution is 5.15. The van der Waals surface area contributed by atoms with E-state index >= 15 is 0 Å². The van der Waals surface area contributed by atoms with E-state index in [1.165, 1.54) is 12.1 Å². The van der Waals surface area contributed by atoms with E-state index in [1.54, 1.807) is 0 Å². The number of ether oxygens (including phenoxy) is 2. The average Bonchev–Trinajstić information content (AvgIpc) is 2.81. The molecule has 0 N–H and O–H groups in total. The van der Waals surface area contributed by atoms with E-state index in [-0.39, 0.29) is 6.29 Å². The fourth-order valence-electron chi connectivity index (χ4n) is 2.84. The van der Waals surface area contributed by atoms with E-state index in [0.29, 0.717) is 12.0 Å². The van der Waals surface area contributed by atoms with E-state index in [4.69, 9.17) is 9.47 Å². The monoisotopic (exact) mass is 250 g/mol. The van der Waals surface area contributed by atoms with Crippen LogP contribution in [0.1, 0.15) is 44.5 Å². The minimum absolute atomic E-state index is 0.0215. The van der Waals surface area contributed by atoms with Crippen molar-refractivity contribution in [2.24, 2.45) is 5.41 Å². The summed E-state index contributed by atoms with van der Waals surface area (Å²) < 4.78 is 13.4. The van der Waals surface area contributed by atoms with Crippen molar-refractivity contribution in [2.45, 2.75) is 59.0 Å². The lowest BCUT2D eigenvalue weighted by molar-refractivity contribution is -0.169. The first-order chi connectivity index (χ1) is 8.62. The number of fused-ring (bicyclic) bond motifs is 1. The zero-order chi connectivity index (χ0) is 12.6. The quantitative estimate of drug-likeness (QED) is 0.827. The highest BCUT2D eigenvalue weighted by Crippen LogP contribution is 2.31. The summed E-state index contributed by atoms with van der Waals surface area (Å²) in [4.78, 5) is 0. The maximum absolute atomic E-state index is 5.76. The van der Waals surface area contributed by atoms with E-state index in [1.807, 2.05) is 0 Å². The first kappa shape index (κ1) is 12.2. The molecule has 18 heavy (non-hydrogen) atoms. The van der Waals surface area contributed by atoms with Gasteiger partial charge in [0.2, 0.25) is 0 Å². The van der Waals surface area contributed by atoms with Crippen LogP contribution >= 0.6 is 0 Å². The Morgan fingerprint density at radius 1 is 1.50 bits per heavy atom. The number of rotatable bonds is 3. The van der Waals surface area contributed by atoms with Crippen molar-refractivity contribution >= 4 is 0 Å². The molecule has 3 rings (SSSR count). The zero-order valence-corrected chi connectivity index (χ0v) is 11.3. The molecular formula is C14H22N2O2. The van der Waals surface area contributed by atoms with Gasteiger partial charge < -0.3 is 9.47 Å². The Balaban J connectivity index is 1.55. The Morgan fingerprint density at radius 3 is 3.11 bits per heavy atom. The lowest BCUT2D eigenvalue weighted by Crippen LogP contribution is -2.22. The third-order valence-electron chi connectivity index (χ3n) is 3.71. The van der Waals surface area contributed by atoms with Crippen LogP contribution in [0.2, 0.25) is 0 Å². The highest BCUT2D eigenvalue weighted by Gasteiger charge is 2.29. The van der Waals surface area contributed by atoms with Gasteiger partial charge >= 0.3 is 0 Å². The Hall–Kier alpha value is -0.870. The lowest BCUT2D eigenvalue weighted by atomic mass is 9.91. The Kier molecular flexibility index (Phi) is 3.16. The molecule has 0 amide bonds. The van der Waals surface area contributed by atoms with Crippen LogP contribution in [0, 0.1) is 5.41 Å². The van der Waals surface area contributed by atoms with Crippen molar-refractivity contribution in [3.63, 3.8) is 0 Å². The predicted molar refractivity (Wildman–Crippen MR) is 68.1 cm³/mol. The van der Waals surface area contributed by atoms with Crippen LogP contribution in [0.3, 0.4) is 0 Å². The molecule has 0 aromatic carbocycles. The second-order valence-corrected chi connectivity index (χ2v) is 6.23. The van der Waals surface area contributed by atoms with Gasteiger partial charge in [-0.05, 0) is 37.2 Å². The first-order valence-corrected chi connectivity index (χ1v) is 6.91. The molecule has 1 aromatic heterocycles. The van der Waals surface area contributed by atoms with Crippen molar-refractivity contribution in [3.8, 4) is 0 Å². The van der Waals surface area contributed by atoms with E-state index in [0.717, 1.165) is 38.1 Å². The molecule has 0 radical (unpaired) electrons. The number of hydrogen-bond acceptors (Lipinski definition) is 3. The summed E-state index contributed by atoms with van der Waals surface area (Å²) >= 11 is 0. The van der Waals surface area contributed by atoms with E-state index in [2.05, 4.69) is 29.7 Å². The van der Waals surface area contributed by atoms with Crippen LogP contribution in [0.25, 0.3) is 0 Å². The molecule has 0 spiro atoms. The van der Waals surface area contributed by atoms with Gasteiger partial charge in [-0.2, -0.15) is 5.10 Å². The minimum Gasteiger partial charge on any atom is -0.353 e. The molecule has 100 valence electrons. The molecular weight excluding hydrogens is 228 g/mol. The molecule has 3 heterocycles. The largest absolute Gasteiger partial charge is 0.353 e. The third kappa shape index (κ3) is 2.59. The predicted octanol–water partition coefficient (Wildman–Crippen LogP) is 2.51. The molecule has 0 aliphatic carbocycles. The molecule has 4 heteroatoms. The summed E-state index contributed by atoms with van der Waals surface area (Å²) in [7, 11) is 0. The molecule has 1 atom stereocenters. The Morgan fingerprint density at radius 2 is 2.39 bits per heavy atom. The standard InChI is InChI=1S/C14H22N2O2/c1-14(2)8-12-7-11(15-16(12)10-14)9-18-13-5-3-4-6-17-13/h7,13H,3-6,8-10H2,1-2H3. The molecule has 1 aromatic rings. The maximum Gasteiger partial charge on any atom is 0.158 e. The molecule has 2 aliphatic heterocycles. The van der Waals surface area contributed by atoms with Crippen LogP contribution in [-0.2, 0) is 29.0 Å². The van der Waals surface area contributed by atoms with Crippen molar-refractivity contribution in [3.05, 3.63) is 17.5 Å². The molecule has 4 nitrogen and oxygen atoms in total. The fraction of sp³-hybridized carbons (Fsp3) is 0.786. The summed E-state index contributed by atoms with van der Waals surface area (Å²) in [5, 5.41) is 4.61. The molecule has 2 aliphatic rings. The van der Waals surface area contributed by atoms with E-state index < -0.39 is 0 Å². The van der Waals surface area contributed by atoms with Gasteiger partial charge in [-0.25, -0.2) is 0 Å². The van der Waals surface area contributed by atoms with Crippen molar-refractivity contribution < 1.29 is 9.47 Å². The fourth-order valence-corrected chi connectivity index (χ4v) is 2.84. The number of aromatic nitrogens is 2. The summed E-state index contributed by atoms with van der Waals surface area (Å²) in [6.07, 6.45) is 4.47. The Labute approximate surface area is 108 Å². The van der Waals surface area contributed by atoms with Gasteiger partial charge in [-0.15, -0.1) is 0 Å². The van der Waals surface area contributed by atoms with Crippen molar-refractivity contribution in [2.75, 3.05) is 6.61 Å². The Bertz CT molecular complexity index is 394. The maximum atomic E-state index is 5.76. The lowest BCUT2D eigenvalue weighted by Gasteiger charge is -2.22. The van der Waals surface area contributed by atoms with Gasteiger partial charge in [0.25, 0.3) is 0 Å². The first-order valence-electron chi connectivity index (χ1n) is 6.91. The van der Waals surface area contributed by atoms with Gasteiger partial charge in [0, 0.05) is 18.8 Å². The van der Waals surface area contributed by atoms with Crippen molar-refractivity contribution in [1.82, 2.24) is 9.78 Å². The minimum atomic E-state index is -0.0215. The molecule has 1 unspecified atom stereocenters. The highest BCUT2D eigenvalue weighted by atomic mass is 16.7. The number of nitrogens with zero attached hydrogens (tertiary/aromatic N) is 2. The zero-order valence-electron chi connectivity index (χ0n) is 11.3. The van der Waals surface area contributed by atoms with Crippen LogP contribution in [0.15, 0.2) is 6.07 Å². The molecule has 0 saturated carbocycles. The number of hydrogen-bond donors (Lipinski definition) is 0. The topological polar surface area (TPSA) is 36.3 Å². The van der Waals surface area contributed by atoms with Gasteiger partial charge in [-0.1, -0.05) is 13.8 Å². The summed E-state index contributed by atoms with van der Waals surface area (Å²) in [5.74, 6) is 0. The average molecular weight is 250 g/mol. The SMILES string of the molecule is CC1(C)Cc2cc(COC3CCCCO3)nn2C1. The summed E-state index contributed by atoms with van der Waals surface area (Å²) in [6.45, 7) is 6.99. The second-order valence-electron chi connectivity index (χ2n) is 6.23. The van der Waals surface area contributed by atoms with Gasteiger partial charge in [0.05, 0.1) is 12.3 Å². The van der Waals surface area contributed by atoms with E-state index in [9.17, 15) is 0 Å². The van der Waals surface area contributed by atoms with Gasteiger partial charge in [0.15, 0.2) is 6.29 Å². The smallest absolute Gasteiger partial charge is 0.158 e. The van der Waals surface area contributed by atoms with Crippen molar-refractivity contribution in [1.29, 1.82) is 0 Å². The van der Waals surface area contributed by atoms with Gasteiger partial charge in [-0.3, -0.25) is 4.68 Å². The van der Waals surface area contributed by atoms with Crippen LogP contribution in [-0.4, -0.2) is 22.7 Å². The molecule has 1 fully saturated rings. The second kappa shape index (κ2) is 4.67.